The Morgan fingerprint density at radius 2 is 0.607 bits per heavy atom. The van der Waals surface area contributed by atoms with Crippen LogP contribution in [0.25, 0.3) is 88.0 Å². The van der Waals surface area contributed by atoms with Crippen molar-refractivity contribution in [1.82, 2.24) is 0 Å². The van der Waals surface area contributed by atoms with E-state index in [4.69, 9.17) is 4.42 Å². The summed E-state index contributed by atoms with van der Waals surface area (Å²) in [6, 6.07) is 120. The molecule has 0 spiro atoms. The first-order valence-electron chi connectivity index (χ1n) is 28.9. The normalized spacial score (nSPS) is 12.4. The standard InChI is InChI=1S/C81H54N2O/c1-3-19-65(20-4-1)81(66-21-5-2-6-22-66)77-25-13-11-23-73(77)74-49-37-63(53-78(74)81)59-31-43-69(44-32-59)82(71-47-35-55-15-7-9-17-61(55)51-71)67-39-27-57(28-40-67)58-29-41-68(42-30-58)83(72-48-36-56-16-8-10-18-62(56)52-72)70-45-33-60(34-46-70)64-38-50-76-75-24-12-14-26-79(75)84-80(76)54-64/h1-54H. The highest BCUT2D eigenvalue weighted by molar-refractivity contribution is 6.06. The van der Waals surface area contributed by atoms with E-state index >= 15 is 0 Å². The molecule has 0 N–H and O–H groups in total. The Morgan fingerprint density at radius 1 is 0.226 bits per heavy atom. The van der Waals surface area contributed by atoms with Crippen molar-refractivity contribution in [3.8, 4) is 44.5 Å². The summed E-state index contributed by atoms with van der Waals surface area (Å²) in [7, 11) is 0. The van der Waals surface area contributed by atoms with E-state index in [-0.39, 0.29) is 0 Å². The van der Waals surface area contributed by atoms with Gasteiger partial charge in [0.05, 0.1) is 5.41 Å². The average Bonchev–Trinajstić information content (AvgIpc) is 1.88. The number of hydrogen-bond acceptors (Lipinski definition) is 3. The van der Waals surface area contributed by atoms with Gasteiger partial charge in [-0.15, -0.1) is 0 Å². The van der Waals surface area contributed by atoms with Gasteiger partial charge in [-0.3, -0.25) is 0 Å². The summed E-state index contributed by atoms with van der Waals surface area (Å²) >= 11 is 0. The third-order valence-electron chi connectivity index (χ3n) is 17.3. The fourth-order valence-electron chi connectivity index (χ4n) is 13.3. The van der Waals surface area contributed by atoms with E-state index in [2.05, 4.69) is 325 Å². The van der Waals surface area contributed by atoms with Crippen molar-refractivity contribution in [2.75, 3.05) is 9.80 Å². The first kappa shape index (κ1) is 48.9. The number of fused-ring (bicyclic) bond motifs is 8. The number of hydrogen-bond donors (Lipinski definition) is 0. The molecular weight excluding hydrogens is 1020 g/mol. The predicted molar refractivity (Wildman–Crippen MR) is 352 cm³/mol. The van der Waals surface area contributed by atoms with Gasteiger partial charge >= 0.3 is 0 Å². The quantitative estimate of drug-likeness (QED) is 0.129. The van der Waals surface area contributed by atoms with E-state index in [0.29, 0.717) is 0 Å². The highest BCUT2D eigenvalue weighted by Gasteiger charge is 2.46. The third kappa shape index (κ3) is 8.28. The summed E-state index contributed by atoms with van der Waals surface area (Å²) in [6.45, 7) is 0. The molecule has 84 heavy (non-hydrogen) atoms. The zero-order valence-electron chi connectivity index (χ0n) is 46.0. The van der Waals surface area contributed by atoms with Crippen molar-refractivity contribution < 1.29 is 4.42 Å². The van der Waals surface area contributed by atoms with E-state index in [1.54, 1.807) is 0 Å². The van der Waals surface area contributed by atoms with Crippen molar-refractivity contribution in [2.24, 2.45) is 0 Å². The monoisotopic (exact) mass is 1070 g/mol. The number of anilines is 6. The van der Waals surface area contributed by atoms with Gasteiger partial charge in [0, 0.05) is 44.9 Å². The van der Waals surface area contributed by atoms with E-state index in [1.807, 2.05) is 12.1 Å². The average molecular weight is 1070 g/mol. The lowest BCUT2D eigenvalue weighted by Gasteiger charge is -2.34. The maximum Gasteiger partial charge on any atom is 0.136 e. The van der Waals surface area contributed by atoms with Crippen LogP contribution in [0.2, 0.25) is 0 Å². The Balaban J connectivity index is 0.728. The molecule has 15 aromatic rings. The lowest BCUT2D eigenvalue weighted by molar-refractivity contribution is 0.669. The highest BCUT2D eigenvalue weighted by Crippen LogP contribution is 2.57. The van der Waals surface area contributed by atoms with Crippen molar-refractivity contribution in [3.63, 3.8) is 0 Å². The topological polar surface area (TPSA) is 19.6 Å². The van der Waals surface area contributed by atoms with Crippen molar-refractivity contribution in [1.29, 1.82) is 0 Å². The molecule has 394 valence electrons. The SMILES string of the molecule is c1ccc(C2(c3ccccc3)c3ccccc3-c3ccc(-c4ccc(N(c5ccc(-c6ccc(N(c7ccc(-c8ccc9c(c8)oc8ccccc89)cc7)c7ccc8ccccc8c7)cc6)cc5)c5ccc6ccccc6c5)cc4)cc32)cc1. The lowest BCUT2D eigenvalue weighted by atomic mass is 9.67. The van der Waals surface area contributed by atoms with Gasteiger partial charge in [-0.1, -0.05) is 231 Å². The maximum absolute atomic E-state index is 6.28. The highest BCUT2D eigenvalue weighted by atomic mass is 16.3. The first-order chi connectivity index (χ1) is 41.6. The number of benzene rings is 14. The van der Waals surface area contributed by atoms with Gasteiger partial charge < -0.3 is 14.2 Å². The molecule has 3 heteroatoms. The van der Waals surface area contributed by atoms with Crippen LogP contribution >= 0.6 is 0 Å². The Labute approximate surface area is 488 Å². The molecule has 0 saturated carbocycles. The number of rotatable bonds is 11. The summed E-state index contributed by atoms with van der Waals surface area (Å²) in [5.41, 5.74) is 22.4. The molecule has 1 heterocycles. The smallest absolute Gasteiger partial charge is 0.136 e. The fraction of sp³-hybridized carbons (Fsp3) is 0.0123. The van der Waals surface area contributed by atoms with Crippen LogP contribution in [0.5, 0.6) is 0 Å². The predicted octanol–water partition coefficient (Wildman–Crippen LogP) is 22.2. The van der Waals surface area contributed by atoms with Crippen LogP contribution in [-0.4, -0.2) is 0 Å². The van der Waals surface area contributed by atoms with Crippen LogP contribution in [0.3, 0.4) is 0 Å². The second-order valence-corrected chi connectivity index (χ2v) is 22.0. The fourth-order valence-corrected chi connectivity index (χ4v) is 13.3. The molecule has 3 nitrogen and oxygen atoms in total. The van der Waals surface area contributed by atoms with Gasteiger partial charge in [0.1, 0.15) is 11.2 Å². The second-order valence-electron chi connectivity index (χ2n) is 22.0. The van der Waals surface area contributed by atoms with Gasteiger partial charge in [0.2, 0.25) is 0 Å². The summed E-state index contributed by atoms with van der Waals surface area (Å²) in [4.78, 5) is 4.73. The Morgan fingerprint density at radius 3 is 1.14 bits per heavy atom. The lowest BCUT2D eigenvalue weighted by Crippen LogP contribution is -2.28. The van der Waals surface area contributed by atoms with Gasteiger partial charge in [0.15, 0.2) is 0 Å². The minimum atomic E-state index is -0.466. The number of nitrogens with zero attached hydrogens (tertiary/aromatic N) is 2. The molecule has 0 aliphatic heterocycles. The molecule has 16 rings (SSSR count). The maximum atomic E-state index is 6.28. The van der Waals surface area contributed by atoms with Gasteiger partial charge in [0.25, 0.3) is 0 Å². The molecule has 0 atom stereocenters. The molecule has 14 aromatic carbocycles. The van der Waals surface area contributed by atoms with Crippen LogP contribution in [-0.2, 0) is 5.41 Å². The third-order valence-corrected chi connectivity index (χ3v) is 17.3. The Bertz CT molecular complexity index is 4890. The number of furan rings is 1. The molecule has 1 aliphatic rings. The van der Waals surface area contributed by atoms with Gasteiger partial charge in [-0.25, -0.2) is 0 Å². The Hall–Kier alpha value is -11.0. The summed E-state index contributed by atoms with van der Waals surface area (Å²) < 4.78 is 6.28. The largest absolute Gasteiger partial charge is 0.456 e. The summed E-state index contributed by atoms with van der Waals surface area (Å²) in [5.74, 6) is 0. The minimum Gasteiger partial charge on any atom is -0.456 e. The molecule has 0 amide bonds. The molecule has 0 bridgehead atoms. The van der Waals surface area contributed by atoms with Crippen LogP contribution in [0, 0.1) is 0 Å². The van der Waals surface area contributed by atoms with Crippen LogP contribution in [0.15, 0.2) is 332 Å². The van der Waals surface area contributed by atoms with Crippen LogP contribution in [0.1, 0.15) is 22.3 Å². The van der Waals surface area contributed by atoms with Crippen LogP contribution in [0.4, 0.5) is 34.1 Å². The number of para-hydroxylation sites is 1. The van der Waals surface area contributed by atoms with E-state index in [0.717, 1.165) is 78.3 Å². The summed E-state index contributed by atoms with van der Waals surface area (Å²) in [6.07, 6.45) is 0. The van der Waals surface area contributed by atoms with Crippen LogP contribution < -0.4 is 9.80 Å². The molecule has 0 radical (unpaired) electrons. The van der Waals surface area contributed by atoms with E-state index in [9.17, 15) is 0 Å². The van der Waals surface area contributed by atoms with Crippen molar-refractivity contribution >= 4 is 77.6 Å². The first-order valence-corrected chi connectivity index (χ1v) is 28.9. The molecule has 1 aromatic heterocycles. The van der Waals surface area contributed by atoms with Gasteiger partial charge in [-0.2, -0.15) is 0 Å². The molecule has 0 saturated heterocycles. The van der Waals surface area contributed by atoms with Crippen molar-refractivity contribution in [3.05, 3.63) is 350 Å². The zero-order valence-corrected chi connectivity index (χ0v) is 46.0. The van der Waals surface area contributed by atoms with E-state index in [1.165, 1.54) is 66.1 Å². The van der Waals surface area contributed by atoms with Gasteiger partial charge in [-0.05, 0) is 185 Å². The zero-order chi connectivity index (χ0) is 55.6. The minimum absolute atomic E-state index is 0.466. The second kappa shape index (κ2) is 20.2. The van der Waals surface area contributed by atoms with E-state index < -0.39 is 5.41 Å². The Kier molecular flexibility index (Phi) is 11.8. The molecule has 0 unspecified atom stereocenters. The molecule has 0 fully saturated rings. The molecular formula is C81H54N2O. The molecule has 1 aliphatic carbocycles. The van der Waals surface area contributed by atoms with Crippen molar-refractivity contribution in [2.45, 2.75) is 5.41 Å². The summed E-state index contributed by atoms with van der Waals surface area (Å²) in [5, 5.41) is 7.09.